The maximum Gasteiger partial charge on any atom is 0.251 e. The van der Waals surface area contributed by atoms with Crippen molar-refractivity contribution < 1.29 is 19.5 Å². The van der Waals surface area contributed by atoms with E-state index in [0.29, 0.717) is 11.3 Å². The number of nitrogens with zero attached hydrogens (tertiary/aromatic N) is 1. The van der Waals surface area contributed by atoms with Gasteiger partial charge >= 0.3 is 0 Å². The summed E-state index contributed by atoms with van der Waals surface area (Å²) < 4.78 is 0. The molecule has 8 heteroatoms. The Kier molecular flexibility index (Phi) is 8.88. The smallest absolute Gasteiger partial charge is 0.251 e. The number of hydrogen-bond donors (Lipinski definition) is 4. The van der Waals surface area contributed by atoms with Gasteiger partial charge < -0.3 is 21.1 Å². The molecule has 3 amide bonds. The highest BCUT2D eigenvalue weighted by Crippen LogP contribution is 2.08. The van der Waals surface area contributed by atoms with Crippen LogP contribution in [0.15, 0.2) is 85.1 Å². The fourth-order valence-electron chi connectivity index (χ4n) is 3.32. The lowest BCUT2D eigenvalue weighted by atomic mass is 10.00. The molecule has 0 aliphatic carbocycles. The zero-order valence-corrected chi connectivity index (χ0v) is 18.8. The van der Waals surface area contributed by atoms with Gasteiger partial charge in [-0.1, -0.05) is 54.6 Å². The third-order valence-corrected chi connectivity index (χ3v) is 5.22. The molecule has 0 saturated carbocycles. The van der Waals surface area contributed by atoms with E-state index in [2.05, 4.69) is 20.9 Å². The first-order chi connectivity index (χ1) is 16.4. The van der Waals surface area contributed by atoms with E-state index in [-0.39, 0.29) is 13.0 Å². The predicted molar refractivity (Wildman–Crippen MR) is 128 cm³/mol. The number of aromatic nitrogens is 1. The Morgan fingerprint density at radius 2 is 1.50 bits per heavy atom. The summed E-state index contributed by atoms with van der Waals surface area (Å²) in [7, 11) is 0. The van der Waals surface area contributed by atoms with Crippen molar-refractivity contribution in [2.24, 2.45) is 0 Å². The molecule has 0 aliphatic rings. The molecule has 4 N–H and O–H groups in total. The molecule has 0 bridgehead atoms. The minimum Gasteiger partial charge on any atom is -0.381 e. The highest BCUT2D eigenvalue weighted by Gasteiger charge is 2.29. The van der Waals surface area contributed by atoms with Crippen LogP contribution in [0.25, 0.3) is 0 Å². The molecule has 1 heterocycles. The van der Waals surface area contributed by atoms with Crippen LogP contribution < -0.4 is 16.0 Å². The molecule has 2 aromatic carbocycles. The van der Waals surface area contributed by atoms with E-state index < -0.39 is 35.9 Å². The number of amides is 3. The predicted octanol–water partition coefficient (Wildman–Crippen LogP) is 1.60. The largest absolute Gasteiger partial charge is 0.381 e. The molecule has 0 spiro atoms. The topological polar surface area (TPSA) is 120 Å². The van der Waals surface area contributed by atoms with Gasteiger partial charge in [-0.15, -0.1) is 0 Å². The van der Waals surface area contributed by atoms with Crippen molar-refractivity contribution in [2.75, 3.05) is 0 Å². The molecule has 0 radical (unpaired) electrons. The fraction of sp³-hybridized carbons (Fsp3) is 0.231. The van der Waals surface area contributed by atoms with Crippen LogP contribution in [0.3, 0.4) is 0 Å². The molecular weight excluding hydrogens is 432 g/mol. The highest BCUT2D eigenvalue weighted by atomic mass is 16.3. The number of hydrogen-bond acceptors (Lipinski definition) is 5. The lowest BCUT2D eigenvalue weighted by Gasteiger charge is -2.25. The van der Waals surface area contributed by atoms with Crippen LogP contribution in [0.2, 0.25) is 0 Å². The Labute approximate surface area is 198 Å². The van der Waals surface area contributed by atoms with Crippen molar-refractivity contribution in [3.05, 3.63) is 102 Å². The molecule has 34 heavy (non-hydrogen) atoms. The van der Waals surface area contributed by atoms with E-state index in [4.69, 9.17) is 0 Å². The second-order valence-electron chi connectivity index (χ2n) is 7.85. The van der Waals surface area contributed by atoms with Gasteiger partial charge in [0.15, 0.2) is 6.10 Å². The molecular formula is C26H28N4O4. The number of nitrogens with one attached hydrogen (secondary N) is 3. The second-order valence-corrected chi connectivity index (χ2v) is 7.85. The summed E-state index contributed by atoms with van der Waals surface area (Å²) >= 11 is 0. The monoisotopic (exact) mass is 460 g/mol. The zero-order valence-electron chi connectivity index (χ0n) is 18.8. The minimum absolute atomic E-state index is 0.145. The van der Waals surface area contributed by atoms with E-state index in [1.165, 1.54) is 0 Å². The normalized spacial score (nSPS) is 13.2. The van der Waals surface area contributed by atoms with E-state index in [1.807, 2.05) is 30.3 Å². The van der Waals surface area contributed by atoms with E-state index >= 15 is 0 Å². The van der Waals surface area contributed by atoms with E-state index in [1.54, 1.807) is 61.7 Å². The van der Waals surface area contributed by atoms with Gasteiger partial charge in [0.1, 0.15) is 6.04 Å². The van der Waals surface area contributed by atoms with Crippen LogP contribution in [-0.2, 0) is 22.6 Å². The summed E-state index contributed by atoms with van der Waals surface area (Å²) in [6.45, 7) is 1.69. The Morgan fingerprint density at radius 3 is 2.15 bits per heavy atom. The van der Waals surface area contributed by atoms with Crippen LogP contribution >= 0.6 is 0 Å². The zero-order chi connectivity index (χ0) is 24.3. The van der Waals surface area contributed by atoms with Crippen molar-refractivity contribution >= 4 is 17.7 Å². The first-order valence-corrected chi connectivity index (χ1v) is 11.0. The lowest BCUT2D eigenvalue weighted by Crippen LogP contribution is -2.55. The summed E-state index contributed by atoms with van der Waals surface area (Å²) in [6, 6.07) is 21.3. The molecule has 0 fully saturated rings. The van der Waals surface area contributed by atoms with Crippen LogP contribution in [0.5, 0.6) is 0 Å². The maximum absolute atomic E-state index is 12.8. The molecule has 8 nitrogen and oxygen atoms in total. The highest BCUT2D eigenvalue weighted by molar-refractivity contribution is 5.97. The van der Waals surface area contributed by atoms with Gasteiger partial charge in [-0.05, 0) is 43.2 Å². The third kappa shape index (κ3) is 7.25. The van der Waals surface area contributed by atoms with E-state index in [9.17, 15) is 19.5 Å². The third-order valence-electron chi connectivity index (χ3n) is 5.22. The number of aliphatic hydroxyl groups is 1. The average molecular weight is 461 g/mol. The number of aliphatic hydroxyl groups excluding tert-OH is 1. The molecule has 3 atom stereocenters. The van der Waals surface area contributed by atoms with Gasteiger partial charge in [-0.2, -0.15) is 0 Å². The van der Waals surface area contributed by atoms with Gasteiger partial charge in [0, 0.05) is 11.8 Å². The average Bonchev–Trinajstić information content (AvgIpc) is 2.88. The number of rotatable bonds is 10. The molecule has 0 saturated heterocycles. The Morgan fingerprint density at radius 1 is 0.853 bits per heavy atom. The van der Waals surface area contributed by atoms with Gasteiger partial charge in [0.25, 0.3) is 11.8 Å². The number of benzene rings is 2. The number of carbonyl (C=O) groups is 3. The summed E-state index contributed by atoms with van der Waals surface area (Å²) in [4.78, 5) is 42.0. The van der Waals surface area contributed by atoms with Crippen LogP contribution in [0, 0.1) is 0 Å². The summed E-state index contributed by atoms with van der Waals surface area (Å²) in [5.41, 5.74) is 1.91. The molecule has 176 valence electrons. The lowest BCUT2D eigenvalue weighted by molar-refractivity contribution is -0.132. The number of pyridine rings is 1. The van der Waals surface area contributed by atoms with Crippen molar-refractivity contribution in [3.8, 4) is 0 Å². The Hall–Kier alpha value is -4.04. The molecule has 0 aliphatic heterocycles. The van der Waals surface area contributed by atoms with Gasteiger partial charge in [-0.25, -0.2) is 0 Å². The Balaban J connectivity index is 1.65. The van der Waals surface area contributed by atoms with Gasteiger partial charge in [0.2, 0.25) is 5.91 Å². The maximum atomic E-state index is 12.8. The SMILES string of the molecule is C[C@@H](NC(=O)c1ccccc1)C(=O)N[C@H](Cc1ccccc1)[C@H](O)C(=O)NCc1ccccn1. The first-order valence-electron chi connectivity index (χ1n) is 11.0. The van der Waals surface area contributed by atoms with Gasteiger partial charge in [-0.3, -0.25) is 19.4 Å². The van der Waals surface area contributed by atoms with E-state index in [0.717, 1.165) is 5.56 Å². The van der Waals surface area contributed by atoms with Crippen LogP contribution in [0.4, 0.5) is 0 Å². The van der Waals surface area contributed by atoms with Crippen LogP contribution in [0.1, 0.15) is 28.5 Å². The van der Waals surface area contributed by atoms with Crippen molar-refractivity contribution in [2.45, 2.75) is 38.1 Å². The fourth-order valence-corrected chi connectivity index (χ4v) is 3.32. The molecule has 1 aromatic heterocycles. The Bertz CT molecular complexity index is 1080. The first kappa shape index (κ1) is 24.6. The second kappa shape index (κ2) is 12.3. The minimum atomic E-state index is -1.51. The quantitative estimate of drug-likeness (QED) is 0.366. The molecule has 3 rings (SSSR count). The summed E-state index contributed by atoms with van der Waals surface area (Å²) in [6.07, 6.45) is 0.330. The van der Waals surface area contributed by atoms with Crippen molar-refractivity contribution in [1.82, 2.24) is 20.9 Å². The molecule has 0 unspecified atom stereocenters. The summed E-state index contributed by atoms with van der Waals surface area (Å²) in [5, 5.41) is 18.8. The van der Waals surface area contributed by atoms with Crippen molar-refractivity contribution in [3.63, 3.8) is 0 Å². The summed E-state index contributed by atoms with van der Waals surface area (Å²) in [5.74, 6) is -1.54. The molecule has 3 aromatic rings. The van der Waals surface area contributed by atoms with Crippen molar-refractivity contribution in [1.29, 1.82) is 0 Å². The standard InChI is InChI=1S/C26H28N4O4/c1-18(29-25(33)20-12-6-3-7-13-20)24(32)30-22(16-19-10-4-2-5-11-19)23(31)26(34)28-17-21-14-8-9-15-27-21/h2-15,18,22-23,31H,16-17H2,1H3,(H,28,34)(H,29,33)(H,30,32)/t18-,22-,23+/m1/s1. The van der Waals surface area contributed by atoms with Gasteiger partial charge in [0.05, 0.1) is 18.3 Å². The van der Waals surface area contributed by atoms with Crippen LogP contribution in [-0.4, -0.2) is 46.0 Å². The number of carbonyl (C=O) groups excluding carboxylic acids is 3.